The van der Waals surface area contributed by atoms with Crippen LogP contribution in [0.3, 0.4) is 0 Å². The highest BCUT2D eigenvalue weighted by atomic mass is 31.1. The minimum absolute atomic E-state index is 0.0836. The highest BCUT2D eigenvalue weighted by molar-refractivity contribution is 7.48. The van der Waals surface area contributed by atoms with Crippen LogP contribution >= 0.6 is 8.03 Å². The molecule has 78 valence electrons. The Labute approximate surface area is 90.8 Å². The molecule has 0 aliphatic carbocycles. The maximum Gasteiger partial charge on any atom is 0.221 e. The number of rotatable bonds is 5. The first kappa shape index (κ1) is 11.8. The van der Waals surface area contributed by atoms with Gasteiger partial charge in [0.2, 0.25) is 8.03 Å². The third-order valence-electron chi connectivity index (χ3n) is 1.89. The molecule has 0 aliphatic heterocycles. The first-order chi connectivity index (χ1) is 7.29. The van der Waals surface area contributed by atoms with E-state index in [0.29, 0.717) is 6.42 Å². The van der Waals surface area contributed by atoms with Crippen molar-refractivity contribution in [3.8, 4) is 12.3 Å². The normalized spacial score (nSPS) is 11.7. The molecule has 1 aromatic carbocycles. The van der Waals surface area contributed by atoms with E-state index in [0.717, 1.165) is 10.9 Å². The Morgan fingerprint density at radius 3 is 2.93 bits per heavy atom. The summed E-state index contributed by atoms with van der Waals surface area (Å²) in [5.41, 5.74) is 0.980. The fraction of sp³-hybridized carbons (Fsp3) is 0.167. The smallest absolute Gasteiger partial charge is 0.221 e. The molecule has 0 radical (unpaired) electrons. The number of hydrogen-bond acceptors (Lipinski definition) is 2. The average molecular weight is 220 g/mol. The number of terminal acetylenes is 1. The van der Waals surface area contributed by atoms with Crippen LogP contribution in [0.25, 0.3) is 0 Å². The lowest BCUT2D eigenvalue weighted by Gasteiger charge is -2.06. The van der Waals surface area contributed by atoms with Crippen LogP contribution in [0.5, 0.6) is 0 Å². The van der Waals surface area contributed by atoms with Gasteiger partial charge in [0.05, 0.1) is 0 Å². The molecule has 2 nitrogen and oxygen atoms in total. The summed E-state index contributed by atoms with van der Waals surface area (Å²) in [5, 5.41) is 0.734. The topological polar surface area (TPSA) is 26.3 Å². The lowest BCUT2D eigenvalue weighted by molar-refractivity contribution is 0.385. The zero-order chi connectivity index (χ0) is 11.1. The van der Waals surface area contributed by atoms with Crippen LogP contribution in [0.2, 0.25) is 0 Å². The largest absolute Gasteiger partial charge is 0.314 e. The summed E-state index contributed by atoms with van der Waals surface area (Å²) in [6, 6.07) is 7.46. The fourth-order valence-electron chi connectivity index (χ4n) is 1.24. The summed E-state index contributed by atoms with van der Waals surface area (Å²) in [6.07, 6.45) is 7.50. The second-order valence-corrected chi connectivity index (χ2v) is 4.33. The van der Waals surface area contributed by atoms with E-state index in [1.54, 1.807) is 12.1 Å². The lowest BCUT2D eigenvalue weighted by Crippen LogP contribution is -2.05. The Balaban J connectivity index is 2.87. The van der Waals surface area contributed by atoms with Crippen LogP contribution in [-0.2, 0) is 15.5 Å². The van der Waals surface area contributed by atoms with Gasteiger partial charge in [0.25, 0.3) is 0 Å². The quantitative estimate of drug-likeness (QED) is 0.432. The summed E-state index contributed by atoms with van der Waals surface area (Å²) >= 11 is 0. The van der Waals surface area contributed by atoms with E-state index in [-0.39, 0.29) is 6.61 Å². The molecule has 0 spiro atoms. The van der Waals surface area contributed by atoms with E-state index in [2.05, 4.69) is 12.5 Å². The molecular weight excluding hydrogens is 207 g/mol. The molecule has 1 atom stereocenters. The van der Waals surface area contributed by atoms with E-state index in [1.807, 2.05) is 18.2 Å². The predicted molar refractivity (Wildman–Crippen MR) is 63.8 cm³/mol. The molecule has 1 rings (SSSR count). The average Bonchev–Trinajstić information content (AvgIpc) is 2.27. The second kappa shape index (κ2) is 6.24. The number of hydrogen-bond donors (Lipinski definition) is 0. The van der Waals surface area contributed by atoms with Crippen LogP contribution in [0, 0.1) is 12.3 Å². The van der Waals surface area contributed by atoms with Gasteiger partial charge in [0.15, 0.2) is 0 Å². The van der Waals surface area contributed by atoms with Crippen molar-refractivity contribution in [1.29, 1.82) is 0 Å². The molecule has 0 aromatic heterocycles. The van der Waals surface area contributed by atoms with Crippen LogP contribution in [0.1, 0.15) is 5.56 Å². The SMILES string of the molecule is C#CCO[PH](=O)c1ccccc1CC=C. The van der Waals surface area contributed by atoms with Crippen molar-refractivity contribution in [1.82, 2.24) is 0 Å². The first-order valence-corrected chi connectivity index (χ1v) is 5.90. The maximum absolute atomic E-state index is 11.7. The fourth-order valence-corrected chi connectivity index (χ4v) is 2.29. The van der Waals surface area contributed by atoms with Crippen LogP contribution in [0.15, 0.2) is 36.9 Å². The van der Waals surface area contributed by atoms with Gasteiger partial charge >= 0.3 is 0 Å². The van der Waals surface area contributed by atoms with Gasteiger partial charge in [-0.1, -0.05) is 30.2 Å². The first-order valence-electron chi connectivity index (χ1n) is 4.59. The van der Waals surface area contributed by atoms with Crippen molar-refractivity contribution >= 4 is 13.3 Å². The Morgan fingerprint density at radius 2 is 2.27 bits per heavy atom. The predicted octanol–water partition coefficient (Wildman–Crippen LogP) is 2.16. The van der Waals surface area contributed by atoms with Gasteiger partial charge in [0.1, 0.15) is 6.61 Å². The lowest BCUT2D eigenvalue weighted by atomic mass is 10.1. The molecular formula is C12H13O2P. The van der Waals surface area contributed by atoms with Gasteiger partial charge in [-0.2, -0.15) is 0 Å². The minimum Gasteiger partial charge on any atom is -0.314 e. The number of benzene rings is 1. The Hall–Kier alpha value is -1.29. The van der Waals surface area contributed by atoms with E-state index < -0.39 is 8.03 Å². The zero-order valence-electron chi connectivity index (χ0n) is 8.40. The highest BCUT2D eigenvalue weighted by Crippen LogP contribution is 2.23. The van der Waals surface area contributed by atoms with Crippen molar-refractivity contribution in [2.24, 2.45) is 0 Å². The Bertz CT molecular complexity index is 404. The molecule has 1 unspecified atom stereocenters. The third-order valence-corrected chi connectivity index (χ3v) is 3.22. The van der Waals surface area contributed by atoms with Crippen molar-refractivity contribution in [3.05, 3.63) is 42.5 Å². The summed E-state index contributed by atoms with van der Waals surface area (Å²) in [6.45, 7) is 3.74. The molecule has 0 heterocycles. The van der Waals surface area contributed by atoms with Gasteiger partial charge in [-0.3, -0.25) is 4.57 Å². The zero-order valence-corrected chi connectivity index (χ0v) is 9.40. The molecule has 3 heteroatoms. The van der Waals surface area contributed by atoms with E-state index >= 15 is 0 Å². The highest BCUT2D eigenvalue weighted by Gasteiger charge is 2.07. The molecule has 0 saturated heterocycles. The van der Waals surface area contributed by atoms with Gasteiger partial charge < -0.3 is 4.52 Å². The standard InChI is InChI=1S/C12H13O2P/c1-3-7-11-8-5-6-9-12(11)15(13)14-10-4-2/h2-3,5-6,8-9,15H,1,7,10H2. The summed E-state index contributed by atoms with van der Waals surface area (Å²) in [7, 11) is -2.22. The number of allylic oxidation sites excluding steroid dienone is 1. The molecule has 0 aliphatic rings. The van der Waals surface area contributed by atoms with Crippen LogP contribution in [0.4, 0.5) is 0 Å². The molecule has 0 saturated carbocycles. The van der Waals surface area contributed by atoms with Gasteiger partial charge in [-0.05, 0) is 18.1 Å². The molecule has 15 heavy (non-hydrogen) atoms. The van der Waals surface area contributed by atoms with Crippen molar-refractivity contribution < 1.29 is 9.09 Å². The van der Waals surface area contributed by atoms with Crippen molar-refractivity contribution in [2.45, 2.75) is 6.42 Å². The maximum atomic E-state index is 11.7. The van der Waals surface area contributed by atoms with Gasteiger partial charge in [-0.15, -0.1) is 13.0 Å². The third kappa shape index (κ3) is 3.40. The summed E-state index contributed by atoms with van der Waals surface area (Å²) in [5.74, 6) is 2.30. The van der Waals surface area contributed by atoms with Crippen molar-refractivity contribution in [2.75, 3.05) is 6.61 Å². The summed E-state index contributed by atoms with van der Waals surface area (Å²) < 4.78 is 16.8. The molecule has 0 fully saturated rings. The Kier molecular flexibility index (Phi) is 4.90. The monoisotopic (exact) mass is 220 g/mol. The van der Waals surface area contributed by atoms with Crippen LogP contribution in [-0.4, -0.2) is 6.61 Å². The minimum atomic E-state index is -2.22. The second-order valence-electron chi connectivity index (χ2n) is 2.93. The molecule has 0 N–H and O–H groups in total. The van der Waals surface area contributed by atoms with Gasteiger partial charge in [-0.25, -0.2) is 0 Å². The van der Waals surface area contributed by atoms with Gasteiger partial charge in [0, 0.05) is 5.30 Å². The van der Waals surface area contributed by atoms with Crippen molar-refractivity contribution in [3.63, 3.8) is 0 Å². The van der Waals surface area contributed by atoms with E-state index in [1.165, 1.54) is 0 Å². The molecule has 0 bridgehead atoms. The molecule has 1 aromatic rings. The van der Waals surface area contributed by atoms with E-state index in [4.69, 9.17) is 10.9 Å². The van der Waals surface area contributed by atoms with Crippen LogP contribution < -0.4 is 5.30 Å². The Morgan fingerprint density at radius 1 is 1.53 bits per heavy atom. The van der Waals surface area contributed by atoms with E-state index in [9.17, 15) is 4.57 Å². The molecule has 0 amide bonds. The summed E-state index contributed by atoms with van der Waals surface area (Å²) in [4.78, 5) is 0.